The normalized spacial score (nSPS) is 20.0. The molecule has 1 aliphatic heterocycles. The van der Waals surface area contributed by atoms with Crippen LogP contribution >= 0.6 is 12.4 Å². The lowest BCUT2D eigenvalue weighted by Crippen LogP contribution is -2.50. The summed E-state index contributed by atoms with van der Waals surface area (Å²) < 4.78 is 16.0. The van der Waals surface area contributed by atoms with Gasteiger partial charge in [0, 0.05) is 23.8 Å². The Morgan fingerprint density at radius 1 is 1.36 bits per heavy atom. The van der Waals surface area contributed by atoms with E-state index in [2.05, 4.69) is 22.7 Å². The van der Waals surface area contributed by atoms with Crippen LogP contribution in [0.15, 0.2) is 24.3 Å². The van der Waals surface area contributed by atoms with Crippen molar-refractivity contribution in [2.45, 2.75) is 33.2 Å². The van der Waals surface area contributed by atoms with Crippen LogP contribution in [0.4, 0.5) is 4.39 Å². The van der Waals surface area contributed by atoms with Gasteiger partial charge in [-0.3, -0.25) is 4.79 Å². The molecule has 1 aromatic carbocycles. The van der Waals surface area contributed by atoms with Gasteiger partial charge in [0.15, 0.2) is 0 Å². The van der Waals surface area contributed by atoms with E-state index in [-0.39, 0.29) is 24.4 Å². The Labute approximate surface area is 153 Å². The Kier molecular flexibility index (Phi) is 6.19. The number of hydrogen-bond donors (Lipinski definition) is 2. The average Bonchev–Trinajstić information content (AvgIpc) is 2.87. The summed E-state index contributed by atoms with van der Waals surface area (Å²) >= 11 is 0. The first-order chi connectivity index (χ1) is 11.5. The van der Waals surface area contributed by atoms with Crippen LogP contribution in [0, 0.1) is 25.6 Å². The standard InChI is InChI=1S/C18H23FN4O.ClH/c1-11-6-7-20-10-16(11)21-18(24)14-4-5-17(15(19)9-14)23-13(3)8-12(2)22-23;/h4-5,8-9,11,16,20H,6-7,10H2,1-3H3,(H,21,24);1H. The third-order valence-electron chi connectivity index (χ3n) is 4.59. The molecule has 2 unspecified atom stereocenters. The number of carbonyl (C=O) groups is 1. The van der Waals surface area contributed by atoms with E-state index in [9.17, 15) is 9.18 Å². The van der Waals surface area contributed by atoms with E-state index in [0.717, 1.165) is 30.9 Å². The summed E-state index contributed by atoms with van der Waals surface area (Å²) in [5, 5.41) is 10.6. The first-order valence-electron chi connectivity index (χ1n) is 8.30. The highest BCUT2D eigenvalue weighted by molar-refractivity contribution is 5.94. The van der Waals surface area contributed by atoms with Crippen LogP contribution in [0.5, 0.6) is 0 Å². The van der Waals surface area contributed by atoms with Crippen molar-refractivity contribution in [1.29, 1.82) is 0 Å². The number of aromatic nitrogens is 2. The van der Waals surface area contributed by atoms with Gasteiger partial charge in [-0.05, 0) is 57.0 Å². The molecule has 1 fully saturated rings. The Bertz CT molecular complexity index is 762. The van der Waals surface area contributed by atoms with E-state index in [1.54, 1.807) is 16.8 Å². The van der Waals surface area contributed by atoms with E-state index < -0.39 is 5.82 Å². The Morgan fingerprint density at radius 3 is 2.72 bits per heavy atom. The maximum Gasteiger partial charge on any atom is 0.251 e. The van der Waals surface area contributed by atoms with Crippen LogP contribution in [0.1, 0.15) is 35.1 Å². The molecule has 3 rings (SSSR count). The molecule has 1 saturated heterocycles. The summed E-state index contributed by atoms with van der Waals surface area (Å²) in [7, 11) is 0. The highest BCUT2D eigenvalue weighted by atomic mass is 35.5. The average molecular weight is 367 g/mol. The molecule has 2 N–H and O–H groups in total. The molecule has 0 radical (unpaired) electrons. The van der Waals surface area contributed by atoms with Gasteiger partial charge < -0.3 is 10.6 Å². The van der Waals surface area contributed by atoms with Gasteiger partial charge in [0.1, 0.15) is 11.5 Å². The number of halogens is 2. The quantitative estimate of drug-likeness (QED) is 0.878. The monoisotopic (exact) mass is 366 g/mol. The molecule has 1 amide bonds. The molecule has 2 aromatic rings. The number of piperidine rings is 1. The fourth-order valence-electron chi connectivity index (χ4n) is 3.13. The number of benzene rings is 1. The topological polar surface area (TPSA) is 59.0 Å². The lowest BCUT2D eigenvalue weighted by Gasteiger charge is -2.30. The van der Waals surface area contributed by atoms with Crippen LogP contribution in [0.3, 0.4) is 0 Å². The van der Waals surface area contributed by atoms with Crippen LogP contribution < -0.4 is 10.6 Å². The molecule has 7 heteroatoms. The number of nitrogens with zero attached hydrogens (tertiary/aromatic N) is 2. The summed E-state index contributed by atoms with van der Waals surface area (Å²) in [6.45, 7) is 7.58. The van der Waals surface area contributed by atoms with Crippen molar-refractivity contribution in [3.63, 3.8) is 0 Å². The number of rotatable bonds is 3. The van der Waals surface area contributed by atoms with Crippen LogP contribution in [-0.4, -0.2) is 34.8 Å². The minimum atomic E-state index is -0.455. The lowest BCUT2D eigenvalue weighted by atomic mass is 9.94. The molecule has 0 spiro atoms. The zero-order chi connectivity index (χ0) is 17.3. The Hall–Kier alpha value is -1.92. The first kappa shape index (κ1) is 19.4. The van der Waals surface area contributed by atoms with Gasteiger partial charge in [0.25, 0.3) is 5.91 Å². The summed E-state index contributed by atoms with van der Waals surface area (Å²) in [6.07, 6.45) is 1.02. The molecule has 0 aliphatic carbocycles. The van der Waals surface area contributed by atoms with E-state index in [1.165, 1.54) is 6.07 Å². The van der Waals surface area contributed by atoms with Crippen molar-refractivity contribution < 1.29 is 9.18 Å². The highest BCUT2D eigenvalue weighted by Gasteiger charge is 2.23. The molecule has 25 heavy (non-hydrogen) atoms. The zero-order valence-electron chi connectivity index (χ0n) is 14.7. The van der Waals surface area contributed by atoms with Gasteiger partial charge >= 0.3 is 0 Å². The number of hydrogen-bond acceptors (Lipinski definition) is 3. The number of aryl methyl sites for hydroxylation is 2. The molecule has 2 heterocycles. The van der Waals surface area contributed by atoms with Gasteiger partial charge in [-0.2, -0.15) is 5.10 Å². The van der Waals surface area contributed by atoms with E-state index >= 15 is 0 Å². The van der Waals surface area contributed by atoms with Crippen LogP contribution in [0.2, 0.25) is 0 Å². The van der Waals surface area contributed by atoms with Gasteiger partial charge in [0.2, 0.25) is 0 Å². The van der Waals surface area contributed by atoms with Gasteiger partial charge in [-0.1, -0.05) is 6.92 Å². The van der Waals surface area contributed by atoms with Crippen LogP contribution in [0.25, 0.3) is 5.69 Å². The number of nitrogens with one attached hydrogen (secondary N) is 2. The minimum absolute atomic E-state index is 0. The number of carbonyl (C=O) groups excluding carboxylic acids is 1. The van der Waals surface area contributed by atoms with Crippen molar-refractivity contribution in [3.05, 3.63) is 47.0 Å². The predicted octanol–water partition coefficient (Wildman–Crippen LogP) is 2.78. The maximum atomic E-state index is 14.5. The van der Waals surface area contributed by atoms with E-state index in [1.807, 2.05) is 19.9 Å². The van der Waals surface area contributed by atoms with Crippen LogP contribution in [-0.2, 0) is 0 Å². The largest absolute Gasteiger partial charge is 0.348 e. The second-order valence-corrected chi connectivity index (χ2v) is 6.56. The summed E-state index contributed by atoms with van der Waals surface area (Å²) in [5.41, 5.74) is 2.36. The molecule has 5 nitrogen and oxygen atoms in total. The molecule has 0 saturated carbocycles. The third-order valence-corrected chi connectivity index (χ3v) is 4.59. The third kappa shape index (κ3) is 4.19. The smallest absolute Gasteiger partial charge is 0.251 e. The molecule has 1 aromatic heterocycles. The lowest BCUT2D eigenvalue weighted by molar-refractivity contribution is 0.0915. The molecule has 2 atom stereocenters. The van der Waals surface area contributed by atoms with E-state index in [0.29, 0.717) is 17.2 Å². The van der Waals surface area contributed by atoms with Gasteiger partial charge in [0.05, 0.1) is 5.69 Å². The molecule has 0 bridgehead atoms. The van der Waals surface area contributed by atoms with Crippen molar-refractivity contribution in [2.75, 3.05) is 13.1 Å². The van der Waals surface area contributed by atoms with Crippen molar-refractivity contribution in [3.8, 4) is 5.69 Å². The van der Waals surface area contributed by atoms with Crippen molar-refractivity contribution >= 4 is 18.3 Å². The number of amides is 1. The highest BCUT2D eigenvalue weighted by Crippen LogP contribution is 2.18. The summed E-state index contributed by atoms with van der Waals surface area (Å²) in [5.74, 6) is -0.285. The summed E-state index contributed by atoms with van der Waals surface area (Å²) in [6, 6.07) is 6.49. The maximum absolute atomic E-state index is 14.5. The minimum Gasteiger partial charge on any atom is -0.348 e. The first-order valence-corrected chi connectivity index (χ1v) is 8.30. The van der Waals surface area contributed by atoms with Crippen molar-refractivity contribution in [2.24, 2.45) is 5.92 Å². The SMILES string of the molecule is Cc1cc(C)n(-c2ccc(C(=O)NC3CNCCC3C)cc2F)n1.Cl. The fourth-order valence-corrected chi connectivity index (χ4v) is 3.13. The van der Waals surface area contributed by atoms with Gasteiger partial charge in [-0.25, -0.2) is 9.07 Å². The zero-order valence-corrected chi connectivity index (χ0v) is 15.5. The molecular formula is C18H24ClFN4O. The predicted molar refractivity (Wildman–Crippen MR) is 98.1 cm³/mol. The molecule has 1 aliphatic rings. The summed E-state index contributed by atoms with van der Waals surface area (Å²) in [4.78, 5) is 12.4. The van der Waals surface area contributed by atoms with Crippen molar-refractivity contribution in [1.82, 2.24) is 20.4 Å². The fraction of sp³-hybridized carbons (Fsp3) is 0.444. The second kappa shape index (κ2) is 7.97. The molecule has 136 valence electrons. The van der Waals surface area contributed by atoms with E-state index in [4.69, 9.17) is 0 Å². The second-order valence-electron chi connectivity index (χ2n) is 6.56. The molecular weight excluding hydrogens is 343 g/mol. The Morgan fingerprint density at radius 2 is 2.12 bits per heavy atom. The van der Waals surface area contributed by atoms with Gasteiger partial charge in [-0.15, -0.1) is 12.4 Å². The Balaban J connectivity index is 0.00000225.